The van der Waals surface area contributed by atoms with Crippen molar-refractivity contribution in [2.24, 2.45) is 11.8 Å². The summed E-state index contributed by atoms with van der Waals surface area (Å²) in [4.78, 5) is 27.2. The first-order valence-corrected chi connectivity index (χ1v) is 6.98. The summed E-state index contributed by atoms with van der Waals surface area (Å²) in [6.07, 6.45) is 6.20. The maximum absolute atomic E-state index is 12.1. The number of carbonyl (C=O) groups is 2. The minimum atomic E-state index is -0.785. The van der Waals surface area contributed by atoms with Gasteiger partial charge in [-0.3, -0.25) is 14.6 Å². The minimum absolute atomic E-state index is 0.0350. The molecule has 1 aromatic rings. The van der Waals surface area contributed by atoms with Crippen LogP contribution >= 0.6 is 0 Å². The summed E-state index contributed by atoms with van der Waals surface area (Å²) in [7, 11) is 0. The van der Waals surface area contributed by atoms with Crippen molar-refractivity contribution in [1.82, 2.24) is 10.3 Å². The van der Waals surface area contributed by atoms with Gasteiger partial charge in [0.2, 0.25) is 5.91 Å². The molecule has 0 spiro atoms. The number of aliphatic carboxylic acids is 1. The minimum Gasteiger partial charge on any atom is -0.481 e. The molecular formula is C15H20N2O3. The number of rotatable bonds is 4. The zero-order valence-corrected chi connectivity index (χ0v) is 11.6. The Morgan fingerprint density at radius 3 is 2.85 bits per heavy atom. The van der Waals surface area contributed by atoms with Crippen LogP contribution in [0.15, 0.2) is 18.5 Å². The molecule has 20 heavy (non-hydrogen) atoms. The molecule has 1 aliphatic carbocycles. The van der Waals surface area contributed by atoms with E-state index in [4.69, 9.17) is 5.11 Å². The van der Waals surface area contributed by atoms with Crippen LogP contribution in [0.5, 0.6) is 0 Å². The predicted octanol–water partition coefficient (Wildman–Crippen LogP) is 1.90. The number of carboxylic acids is 1. The molecule has 5 nitrogen and oxygen atoms in total. The van der Waals surface area contributed by atoms with Crippen LogP contribution in [-0.2, 0) is 16.1 Å². The Kier molecular flexibility index (Phi) is 4.71. The van der Waals surface area contributed by atoms with Crippen molar-refractivity contribution in [1.29, 1.82) is 0 Å². The van der Waals surface area contributed by atoms with Gasteiger partial charge in [0.15, 0.2) is 0 Å². The van der Waals surface area contributed by atoms with Crippen LogP contribution in [0.25, 0.3) is 0 Å². The molecule has 2 rings (SSSR count). The third kappa shape index (κ3) is 3.56. The van der Waals surface area contributed by atoms with Crippen molar-refractivity contribution in [2.75, 3.05) is 0 Å². The second-order valence-corrected chi connectivity index (χ2v) is 5.42. The van der Waals surface area contributed by atoms with E-state index in [1.54, 1.807) is 12.4 Å². The van der Waals surface area contributed by atoms with E-state index in [0.29, 0.717) is 19.4 Å². The molecule has 2 N–H and O–H groups in total. The smallest absolute Gasteiger partial charge is 0.306 e. The second-order valence-electron chi connectivity index (χ2n) is 5.42. The molecule has 5 heteroatoms. The van der Waals surface area contributed by atoms with Crippen LogP contribution in [0.2, 0.25) is 0 Å². The molecule has 0 bridgehead atoms. The molecule has 0 saturated heterocycles. The van der Waals surface area contributed by atoms with Crippen molar-refractivity contribution in [3.63, 3.8) is 0 Å². The predicted molar refractivity (Wildman–Crippen MR) is 73.9 cm³/mol. The number of nitrogens with one attached hydrogen (secondary N) is 1. The highest BCUT2D eigenvalue weighted by Gasteiger charge is 2.30. The molecule has 2 atom stereocenters. The van der Waals surface area contributed by atoms with Crippen molar-refractivity contribution < 1.29 is 14.7 Å². The van der Waals surface area contributed by atoms with Crippen LogP contribution in [0.1, 0.15) is 36.8 Å². The van der Waals surface area contributed by atoms with Gasteiger partial charge in [-0.2, -0.15) is 0 Å². The molecule has 1 aliphatic rings. The van der Waals surface area contributed by atoms with Crippen LogP contribution in [0.3, 0.4) is 0 Å². The monoisotopic (exact) mass is 276 g/mol. The van der Waals surface area contributed by atoms with Crippen LogP contribution < -0.4 is 5.32 Å². The first kappa shape index (κ1) is 14.5. The summed E-state index contributed by atoms with van der Waals surface area (Å²) in [5, 5.41) is 12.0. The Hall–Kier alpha value is -1.91. The number of pyridine rings is 1. The van der Waals surface area contributed by atoms with Gasteiger partial charge in [-0.15, -0.1) is 0 Å². The first-order valence-electron chi connectivity index (χ1n) is 6.98. The average molecular weight is 276 g/mol. The molecule has 2 unspecified atom stereocenters. The zero-order chi connectivity index (χ0) is 14.5. The van der Waals surface area contributed by atoms with Gasteiger partial charge in [0, 0.05) is 24.9 Å². The van der Waals surface area contributed by atoms with E-state index in [1.807, 2.05) is 13.0 Å². The fraction of sp³-hybridized carbons (Fsp3) is 0.533. The molecule has 1 saturated carbocycles. The lowest BCUT2D eigenvalue weighted by Gasteiger charge is -2.25. The quantitative estimate of drug-likeness (QED) is 0.880. The summed E-state index contributed by atoms with van der Waals surface area (Å²) in [5.74, 6) is -1.37. The van der Waals surface area contributed by atoms with Gasteiger partial charge >= 0.3 is 5.97 Å². The molecule has 0 radical (unpaired) electrons. The van der Waals surface area contributed by atoms with Gasteiger partial charge in [-0.25, -0.2) is 0 Å². The van der Waals surface area contributed by atoms with Gasteiger partial charge in [-0.1, -0.05) is 6.42 Å². The van der Waals surface area contributed by atoms with E-state index in [9.17, 15) is 9.59 Å². The maximum Gasteiger partial charge on any atom is 0.306 e. The number of hydrogen-bond donors (Lipinski definition) is 2. The Morgan fingerprint density at radius 2 is 2.15 bits per heavy atom. The van der Waals surface area contributed by atoms with Gasteiger partial charge < -0.3 is 10.4 Å². The number of aromatic nitrogens is 1. The SMILES string of the molecule is Cc1cnccc1CNC(=O)C1CCCC(C(=O)O)C1. The molecule has 0 aromatic carbocycles. The normalized spacial score (nSPS) is 22.2. The zero-order valence-electron chi connectivity index (χ0n) is 11.6. The Balaban J connectivity index is 1.89. The molecule has 1 amide bonds. The number of carboxylic acid groups (broad SMARTS) is 1. The van der Waals surface area contributed by atoms with Crippen molar-refractivity contribution in [3.05, 3.63) is 29.6 Å². The molecular weight excluding hydrogens is 256 g/mol. The summed E-state index contributed by atoms with van der Waals surface area (Å²) in [6, 6.07) is 1.89. The Morgan fingerprint density at radius 1 is 1.40 bits per heavy atom. The summed E-state index contributed by atoms with van der Waals surface area (Å²) in [6.45, 7) is 2.43. The third-order valence-corrected chi connectivity index (χ3v) is 3.98. The van der Waals surface area contributed by atoms with Crippen LogP contribution in [-0.4, -0.2) is 22.0 Å². The number of hydrogen-bond acceptors (Lipinski definition) is 3. The number of amides is 1. The van der Waals surface area contributed by atoms with Crippen LogP contribution in [0.4, 0.5) is 0 Å². The average Bonchev–Trinajstić information content (AvgIpc) is 2.46. The van der Waals surface area contributed by atoms with Crippen molar-refractivity contribution >= 4 is 11.9 Å². The molecule has 108 valence electrons. The topological polar surface area (TPSA) is 79.3 Å². The summed E-state index contributed by atoms with van der Waals surface area (Å²) >= 11 is 0. The molecule has 1 fully saturated rings. The Bertz CT molecular complexity index is 502. The standard InChI is InChI=1S/C15H20N2O3/c1-10-8-16-6-5-13(10)9-17-14(18)11-3-2-4-12(7-11)15(19)20/h5-6,8,11-12H,2-4,7,9H2,1H3,(H,17,18)(H,19,20). The molecule has 0 aliphatic heterocycles. The first-order chi connectivity index (χ1) is 9.58. The summed E-state index contributed by atoms with van der Waals surface area (Å²) < 4.78 is 0. The van der Waals surface area contributed by atoms with Crippen molar-refractivity contribution in [3.8, 4) is 0 Å². The number of aryl methyl sites for hydroxylation is 1. The highest BCUT2D eigenvalue weighted by molar-refractivity contribution is 5.80. The lowest BCUT2D eigenvalue weighted by Crippen LogP contribution is -2.35. The Labute approximate surface area is 118 Å². The summed E-state index contributed by atoms with van der Waals surface area (Å²) in [5.41, 5.74) is 2.08. The van der Waals surface area contributed by atoms with E-state index < -0.39 is 5.97 Å². The largest absolute Gasteiger partial charge is 0.481 e. The van der Waals surface area contributed by atoms with Gasteiger partial charge in [-0.05, 0) is 43.4 Å². The fourth-order valence-electron chi connectivity index (χ4n) is 2.68. The van der Waals surface area contributed by atoms with E-state index >= 15 is 0 Å². The van der Waals surface area contributed by atoms with Gasteiger partial charge in [0.1, 0.15) is 0 Å². The number of nitrogens with zero attached hydrogens (tertiary/aromatic N) is 1. The van der Waals surface area contributed by atoms with E-state index in [2.05, 4.69) is 10.3 Å². The number of carbonyl (C=O) groups excluding carboxylic acids is 1. The third-order valence-electron chi connectivity index (χ3n) is 3.98. The van der Waals surface area contributed by atoms with Crippen LogP contribution in [0, 0.1) is 18.8 Å². The lowest BCUT2D eigenvalue weighted by molar-refractivity contribution is -0.144. The van der Waals surface area contributed by atoms with Gasteiger partial charge in [0.25, 0.3) is 0 Å². The highest BCUT2D eigenvalue weighted by Crippen LogP contribution is 2.29. The molecule has 1 aromatic heterocycles. The highest BCUT2D eigenvalue weighted by atomic mass is 16.4. The van der Waals surface area contributed by atoms with E-state index in [0.717, 1.165) is 24.0 Å². The van der Waals surface area contributed by atoms with Crippen molar-refractivity contribution in [2.45, 2.75) is 39.2 Å². The maximum atomic E-state index is 12.1. The van der Waals surface area contributed by atoms with Gasteiger partial charge in [0.05, 0.1) is 5.92 Å². The molecule has 1 heterocycles. The fourth-order valence-corrected chi connectivity index (χ4v) is 2.68. The lowest BCUT2D eigenvalue weighted by atomic mass is 9.81. The second kappa shape index (κ2) is 6.50. The van der Waals surface area contributed by atoms with E-state index in [-0.39, 0.29) is 17.7 Å². The van der Waals surface area contributed by atoms with E-state index in [1.165, 1.54) is 0 Å².